The third kappa shape index (κ3) is 2.25. The zero-order valence-corrected chi connectivity index (χ0v) is 10.3. The first-order chi connectivity index (χ1) is 8.07. The molecule has 1 aliphatic rings. The van der Waals surface area contributed by atoms with Crippen LogP contribution in [0.3, 0.4) is 0 Å². The first-order valence-electron chi connectivity index (χ1n) is 5.91. The van der Waals surface area contributed by atoms with Crippen molar-refractivity contribution in [3.05, 3.63) is 35.1 Å². The Morgan fingerprint density at radius 1 is 1.47 bits per heavy atom. The van der Waals surface area contributed by atoms with Crippen LogP contribution in [-0.4, -0.2) is 18.5 Å². The molecule has 1 aliphatic carbocycles. The van der Waals surface area contributed by atoms with E-state index in [4.69, 9.17) is 4.74 Å². The van der Waals surface area contributed by atoms with Crippen LogP contribution < -0.4 is 0 Å². The summed E-state index contributed by atoms with van der Waals surface area (Å²) in [5.74, 6) is -0.148. The van der Waals surface area contributed by atoms with Crippen molar-refractivity contribution in [1.29, 1.82) is 0 Å². The highest BCUT2D eigenvalue weighted by Crippen LogP contribution is 2.36. The molecule has 0 unspecified atom stereocenters. The van der Waals surface area contributed by atoms with Gasteiger partial charge in [-0.3, -0.25) is 4.79 Å². The second-order valence-corrected chi connectivity index (χ2v) is 4.72. The number of rotatable bonds is 4. The Bertz CT molecular complexity index is 430. The number of carbonyl (C=O) groups is 1. The van der Waals surface area contributed by atoms with E-state index < -0.39 is 5.60 Å². The molecule has 0 radical (unpaired) electrons. The maximum absolute atomic E-state index is 13.0. The van der Waals surface area contributed by atoms with Crippen LogP contribution in [-0.2, 0) is 16.0 Å². The summed E-state index contributed by atoms with van der Waals surface area (Å²) < 4.78 is 18.3. The van der Waals surface area contributed by atoms with Gasteiger partial charge in [-0.2, -0.15) is 0 Å². The number of hydrogen-bond donors (Lipinski definition) is 0. The zero-order chi connectivity index (χ0) is 12.5. The molecule has 0 saturated heterocycles. The van der Waals surface area contributed by atoms with E-state index in [0.29, 0.717) is 6.42 Å². The van der Waals surface area contributed by atoms with E-state index >= 15 is 0 Å². The fourth-order valence-corrected chi connectivity index (χ4v) is 2.29. The van der Waals surface area contributed by atoms with Gasteiger partial charge in [-0.15, -0.1) is 0 Å². The fraction of sp³-hybridized carbons (Fsp3) is 0.500. The van der Waals surface area contributed by atoms with Crippen LogP contribution in [0.2, 0.25) is 0 Å². The van der Waals surface area contributed by atoms with E-state index in [9.17, 15) is 9.18 Å². The van der Waals surface area contributed by atoms with Crippen molar-refractivity contribution in [1.82, 2.24) is 0 Å². The monoisotopic (exact) mass is 236 g/mol. The number of aryl methyl sites for hydroxylation is 1. The van der Waals surface area contributed by atoms with Gasteiger partial charge >= 0.3 is 0 Å². The molecule has 0 atom stereocenters. The molecule has 0 aromatic heterocycles. The predicted octanol–water partition coefficient (Wildman–Crippen LogP) is 2.81. The quantitative estimate of drug-likeness (QED) is 0.803. The summed E-state index contributed by atoms with van der Waals surface area (Å²) in [5, 5.41) is 0. The van der Waals surface area contributed by atoms with Crippen molar-refractivity contribution in [2.24, 2.45) is 0 Å². The normalized spacial score (nSPS) is 17.6. The third-order valence-electron chi connectivity index (χ3n) is 3.72. The number of benzene rings is 1. The minimum absolute atomic E-state index is 0.112. The molecular formula is C14H17FO2. The fourth-order valence-electron chi connectivity index (χ4n) is 2.29. The molecule has 0 N–H and O–H groups in total. The minimum atomic E-state index is -0.569. The van der Waals surface area contributed by atoms with Crippen molar-refractivity contribution in [2.45, 2.75) is 38.2 Å². The molecule has 1 fully saturated rings. The van der Waals surface area contributed by atoms with Gasteiger partial charge in [0.25, 0.3) is 0 Å². The summed E-state index contributed by atoms with van der Waals surface area (Å²) in [4.78, 5) is 12.2. The van der Waals surface area contributed by atoms with E-state index in [0.717, 1.165) is 30.4 Å². The average Bonchev–Trinajstić information content (AvgIpc) is 2.21. The van der Waals surface area contributed by atoms with Crippen LogP contribution in [0.15, 0.2) is 18.2 Å². The van der Waals surface area contributed by atoms with Crippen molar-refractivity contribution in [2.75, 3.05) is 7.11 Å². The molecule has 1 saturated carbocycles. The maximum atomic E-state index is 13.0. The highest BCUT2D eigenvalue weighted by atomic mass is 19.1. The Kier molecular flexibility index (Phi) is 3.29. The lowest BCUT2D eigenvalue weighted by Crippen LogP contribution is -2.47. The molecule has 1 aromatic carbocycles. The summed E-state index contributed by atoms with van der Waals surface area (Å²) >= 11 is 0. The topological polar surface area (TPSA) is 26.3 Å². The Morgan fingerprint density at radius 3 is 2.65 bits per heavy atom. The molecule has 0 heterocycles. The van der Waals surface area contributed by atoms with Gasteiger partial charge in [0.15, 0.2) is 5.78 Å². The van der Waals surface area contributed by atoms with Gasteiger partial charge in [0, 0.05) is 13.5 Å². The number of carbonyl (C=O) groups excluding carboxylic acids is 1. The molecule has 0 amide bonds. The number of methoxy groups -OCH3 is 1. The van der Waals surface area contributed by atoms with Crippen LogP contribution in [0.1, 0.15) is 30.4 Å². The van der Waals surface area contributed by atoms with Crippen LogP contribution in [0, 0.1) is 12.7 Å². The van der Waals surface area contributed by atoms with Crippen molar-refractivity contribution in [3.63, 3.8) is 0 Å². The zero-order valence-electron chi connectivity index (χ0n) is 10.3. The van der Waals surface area contributed by atoms with Crippen LogP contribution >= 0.6 is 0 Å². The van der Waals surface area contributed by atoms with Crippen LogP contribution in [0.4, 0.5) is 4.39 Å². The molecular weight excluding hydrogens is 219 g/mol. The van der Waals surface area contributed by atoms with E-state index in [1.807, 2.05) is 6.92 Å². The van der Waals surface area contributed by atoms with Crippen LogP contribution in [0.25, 0.3) is 0 Å². The second kappa shape index (κ2) is 4.57. The number of halogens is 1. The lowest BCUT2D eigenvalue weighted by Gasteiger charge is -2.39. The smallest absolute Gasteiger partial charge is 0.168 e. The molecule has 2 nitrogen and oxygen atoms in total. The number of ether oxygens (including phenoxy) is 1. The summed E-state index contributed by atoms with van der Waals surface area (Å²) in [6, 6.07) is 4.54. The molecule has 0 aliphatic heterocycles. The molecule has 1 aromatic rings. The lowest BCUT2D eigenvalue weighted by atomic mass is 9.75. The summed E-state index contributed by atoms with van der Waals surface area (Å²) in [7, 11) is 1.59. The molecule has 3 heteroatoms. The summed E-state index contributed by atoms with van der Waals surface area (Å²) in [5.41, 5.74) is 1.14. The Hall–Kier alpha value is -1.22. The number of Topliss-reactive ketones (excluding diaryl/α,β-unsaturated/α-hetero) is 1. The molecule has 17 heavy (non-hydrogen) atoms. The van der Waals surface area contributed by atoms with E-state index in [1.54, 1.807) is 13.2 Å². The van der Waals surface area contributed by atoms with Gasteiger partial charge in [-0.25, -0.2) is 4.39 Å². The standard InChI is InChI=1S/C14H17FO2/c1-10-8-12(15)5-4-11(10)9-13(16)14(17-2)6-3-7-14/h4-5,8H,3,6-7,9H2,1-2H3. The number of hydrogen-bond acceptors (Lipinski definition) is 2. The molecule has 92 valence electrons. The largest absolute Gasteiger partial charge is 0.370 e. The van der Waals surface area contributed by atoms with Gasteiger partial charge in [0.05, 0.1) is 0 Å². The Labute approximate surface area is 101 Å². The van der Waals surface area contributed by atoms with E-state index in [1.165, 1.54) is 12.1 Å². The third-order valence-corrected chi connectivity index (χ3v) is 3.72. The van der Waals surface area contributed by atoms with Gasteiger partial charge < -0.3 is 4.74 Å². The Morgan fingerprint density at radius 2 is 2.18 bits per heavy atom. The van der Waals surface area contributed by atoms with Crippen molar-refractivity contribution >= 4 is 5.78 Å². The van der Waals surface area contributed by atoms with Crippen LogP contribution in [0.5, 0.6) is 0 Å². The van der Waals surface area contributed by atoms with Gasteiger partial charge in [-0.1, -0.05) is 6.07 Å². The van der Waals surface area contributed by atoms with E-state index in [-0.39, 0.29) is 11.6 Å². The number of ketones is 1. The summed E-state index contributed by atoms with van der Waals surface area (Å²) in [6.07, 6.45) is 2.99. The highest BCUT2D eigenvalue weighted by Gasteiger charge is 2.43. The highest BCUT2D eigenvalue weighted by molar-refractivity contribution is 5.90. The van der Waals surface area contributed by atoms with Crippen molar-refractivity contribution < 1.29 is 13.9 Å². The summed E-state index contributed by atoms with van der Waals surface area (Å²) in [6.45, 7) is 1.83. The SMILES string of the molecule is COC1(C(=O)Cc2ccc(F)cc2C)CCC1. The Balaban J connectivity index is 2.13. The second-order valence-electron chi connectivity index (χ2n) is 4.72. The van der Waals surface area contributed by atoms with Gasteiger partial charge in [0.1, 0.15) is 11.4 Å². The molecule has 0 spiro atoms. The average molecular weight is 236 g/mol. The molecule has 2 rings (SSSR count). The predicted molar refractivity (Wildman–Crippen MR) is 63.4 cm³/mol. The van der Waals surface area contributed by atoms with Gasteiger partial charge in [-0.05, 0) is 49.4 Å². The first kappa shape index (κ1) is 12.2. The first-order valence-corrected chi connectivity index (χ1v) is 5.91. The van der Waals surface area contributed by atoms with Crippen molar-refractivity contribution in [3.8, 4) is 0 Å². The van der Waals surface area contributed by atoms with E-state index in [2.05, 4.69) is 0 Å². The minimum Gasteiger partial charge on any atom is -0.370 e. The maximum Gasteiger partial charge on any atom is 0.168 e. The molecule has 0 bridgehead atoms. The van der Waals surface area contributed by atoms with Gasteiger partial charge in [0.2, 0.25) is 0 Å². The lowest BCUT2D eigenvalue weighted by molar-refractivity contribution is -0.151.